The summed E-state index contributed by atoms with van der Waals surface area (Å²) < 4.78 is 15.2. The number of benzene rings is 1. The Balaban J connectivity index is 1.64. The second-order valence-corrected chi connectivity index (χ2v) is 11.4. The molecule has 0 aliphatic heterocycles. The van der Waals surface area contributed by atoms with E-state index >= 15 is 4.39 Å². The van der Waals surface area contributed by atoms with Crippen molar-refractivity contribution in [3.63, 3.8) is 0 Å². The third-order valence-electron chi connectivity index (χ3n) is 8.66. The fraction of sp³-hybridized carbons (Fsp3) is 0.750. The van der Waals surface area contributed by atoms with Gasteiger partial charge in [0, 0.05) is 36.5 Å². The fourth-order valence-electron chi connectivity index (χ4n) is 7.11. The summed E-state index contributed by atoms with van der Waals surface area (Å²) in [6.45, 7) is 2.18. The molecule has 3 aliphatic carbocycles. The van der Waals surface area contributed by atoms with Gasteiger partial charge in [0.1, 0.15) is 5.82 Å². The van der Waals surface area contributed by atoms with E-state index in [1.54, 1.807) is 6.07 Å². The molecule has 33 heavy (non-hydrogen) atoms. The van der Waals surface area contributed by atoms with Crippen LogP contribution in [0.2, 0.25) is 5.02 Å². The number of nitrogens with zero attached hydrogens (tertiary/aromatic N) is 1. The molecule has 0 saturated heterocycles. The molecule has 3 unspecified atom stereocenters. The van der Waals surface area contributed by atoms with Crippen molar-refractivity contribution in [3.8, 4) is 0 Å². The SMILES string of the molecule is O=C(O)CC1CCCC(N(CC2CCCCC2)CC2CCCCC2)C1c1ccc(Cl)cc1F. The van der Waals surface area contributed by atoms with Gasteiger partial charge in [0.05, 0.1) is 0 Å². The number of rotatable bonds is 8. The molecule has 0 aromatic heterocycles. The van der Waals surface area contributed by atoms with E-state index in [0.29, 0.717) is 10.6 Å². The Morgan fingerprint density at radius 2 is 1.52 bits per heavy atom. The van der Waals surface area contributed by atoms with Gasteiger partial charge in [-0.15, -0.1) is 0 Å². The fourth-order valence-corrected chi connectivity index (χ4v) is 7.27. The molecule has 3 atom stereocenters. The van der Waals surface area contributed by atoms with Crippen LogP contribution in [-0.4, -0.2) is 35.1 Å². The first-order chi connectivity index (χ1) is 16.0. The molecule has 4 rings (SSSR count). The van der Waals surface area contributed by atoms with Crippen molar-refractivity contribution in [1.82, 2.24) is 4.90 Å². The van der Waals surface area contributed by atoms with Crippen molar-refractivity contribution in [3.05, 3.63) is 34.6 Å². The summed E-state index contributed by atoms with van der Waals surface area (Å²) in [5, 5.41) is 10.1. The van der Waals surface area contributed by atoms with Crippen LogP contribution in [0.3, 0.4) is 0 Å². The summed E-state index contributed by atoms with van der Waals surface area (Å²) in [7, 11) is 0. The molecule has 0 amide bonds. The zero-order valence-corrected chi connectivity index (χ0v) is 20.7. The zero-order chi connectivity index (χ0) is 23.2. The molecule has 184 valence electrons. The molecule has 3 fully saturated rings. The summed E-state index contributed by atoms with van der Waals surface area (Å²) in [5.74, 6) is 0.281. The second kappa shape index (κ2) is 12.0. The maximum Gasteiger partial charge on any atom is 0.303 e. The molecule has 1 aromatic rings. The highest BCUT2D eigenvalue weighted by molar-refractivity contribution is 6.30. The second-order valence-electron chi connectivity index (χ2n) is 11.0. The largest absolute Gasteiger partial charge is 0.481 e. The van der Waals surface area contributed by atoms with E-state index in [4.69, 9.17) is 11.6 Å². The molecule has 0 radical (unpaired) electrons. The lowest BCUT2D eigenvalue weighted by molar-refractivity contribution is -0.138. The average molecular weight is 478 g/mol. The normalized spacial score (nSPS) is 27.7. The third-order valence-corrected chi connectivity index (χ3v) is 8.89. The van der Waals surface area contributed by atoms with Gasteiger partial charge in [-0.2, -0.15) is 0 Å². The lowest BCUT2D eigenvalue weighted by Crippen LogP contribution is -2.49. The Labute approximate surface area is 204 Å². The van der Waals surface area contributed by atoms with Crippen molar-refractivity contribution in [2.24, 2.45) is 17.8 Å². The summed E-state index contributed by atoms with van der Waals surface area (Å²) in [6.07, 6.45) is 16.2. The van der Waals surface area contributed by atoms with E-state index in [-0.39, 0.29) is 30.1 Å². The molecule has 0 bridgehead atoms. The first-order valence-corrected chi connectivity index (χ1v) is 13.8. The van der Waals surface area contributed by atoms with Gasteiger partial charge in [-0.1, -0.05) is 62.6 Å². The van der Waals surface area contributed by atoms with Gasteiger partial charge in [-0.05, 0) is 74.0 Å². The lowest BCUT2D eigenvalue weighted by atomic mass is 9.69. The van der Waals surface area contributed by atoms with Crippen LogP contribution in [0.5, 0.6) is 0 Å². The topological polar surface area (TPSA) is 40.5 Å². The molecular formula is C28H41ClFNO2. The van der Waals surface area contributed by atoms with Crippen LogP contribution in [0, 0.1) is 23.6 Å². The first-order valence-electron chi connectivity index (χ1n) is 13.4. The van der Waals surface area contributed by atoms with Gasteiger partial charge in [0.2, 0.25) is 0 Å². The average Bonchev–Trinajstić information content (AvgIpc) is 2.80. The molecule has 3 saturated carbocycles. The van der Waals surface area contributed by atoms with Gasteiger partial charge < -0.3 is 5.11 Å². The van der Waals surface area contributed by atoms with Crippen molar-refractivity contribution in [2.75, 3.05) is 13.1 Å². The number of halogens is 2. The van der Waals surface area contributed by atoms with Gasteiger partial charge in [0.15, 0.2) is 0 Å². The summed E-state index contributed by atoms with van der Waals surface area (Å²) in [4.78, 5) is 14.5. The smallest absolute Gasteiger partial charge is 0.303 e. The number of aliphatic carboxylic acids is 1. The molecule has 5 heteroatoms. The summed E-state index contributed by atoms with van der Waals surface area (Å²) in [6, 6.07) is 5.22. The number of carboxylic acids is 1. The highest BCUT2D eigenvalue weighted by atomic mass is 35.5. The number of carboxylic acid groups (broad SMARTS) is 1. The Hall–Kier alpha value is -1.13. The quantitative estimate of drug-likeness (QED) is 0.417. The zero-order valence-electron chi connectivity index (χ0n) is 20.0. The number of carbonyl (C=O) groups is 1. The van der Waals surface area contributed by atoms with Crippen LogP contribution in [-0.2, 0) is 4.79 Å². The minimum atomic E-state index is -0.772. The Kier molecular flexibility index (Phi) is 9.10. The Morgan fingerprint density at radius 1 is 0.909 bits per heavy atom. The number of hydrogen-bond donors (Lipinski definition) is 1. The van der Waals surface area contributed by atoms with E-state index in [0.717, 1.165) is 44.2 Å². The van der Waals surface area contributed by atoms with Gasteiger partial charge in [0.25, 0.3) is 0 Å². The van der Waals surface area contributed by atoms with Crippen LogP contribution in [0.4, 0.5) is 4.39 Å². The van der Waals surface area contributed by atoms with E-state index in [1.807, 2.05) is 6.07 Å². The highest BCUT2D eigenvalue weighted by Gasteiger charge is 2.41. The molecular weight excluding hydrogens is 437 g/mol. The van der Waals surface area contributed by atoms with E-state index in [1.165, 1.54) is 70.3 Å². The number of hydrogen-bond acceptors (Lipinski definition) is 2. The monoisotopic (exact) mass is 477 g/mol. The minimum absolute atomic E-state index is 0.0304. The molecule has 1 N–H and O–H groups in total. The molecule has 3 aliphatic rings. The van der Waals surface area contributed by atoms with Crippen molar-refractivity contribution < 1.29 is 14.3 Å². The van der Waals surface area contributed by atoms with E-state index in [2.05, 4.69) is 4.90 Å². The minimum Gasteiger partial charge on any atom is -0.481 e. The van der Waals surface area contributed by atoms with Crippen LogP contribution in [0.15, 0.2) is 18.2 Å². The van der Waals surface area contributed by atoms with E-state index < -0.39 is 5.97 Å². The van der Waals surface area contributed by atoms with Crippen molar-refractivity contribution in [2.45, 2.75) is 102 Å². The van der Waals surface area contributed by atoms with Gasteiger partial charge in [-0.3, -0.25) is 9.69 Å². The third kappa shape index (κ3) is 6.72. The standard InChI is InChI=1S/C28H41ClFNO2/c29-23-14-15-24(25(30)17-23)28-22(16-27(32)33)12-7-13-26(28)31(18-20-8-3-1-4-9-20)19-21-10-5-2-6-11-21/h14-15,17,20-22,26,28H,1-13,16,18-19H2,(H,32,33). The Bertz CT molecular complexity index is 755. The van der Waals surface area contributed by atoms with Crippen LogP contribution < -0.4 is 0 Å². The summed E-state index contributed by atoms with van der Waals surface area (Å²) in [5.41, 5.74) is 0.674. The van der Waals surface area contributed by atoms with Crippen LogP contribution in [0.1, 0.15) is 101 Å². The first kappa shape index (κ1) is 25.0. The molecule has 3 nitrogen and oxygen atoms in total. The predicted octanol–water partition coefficient (Wildman–Crippen LogP) is 7.67. The Morgan fingerprint density at radius 3 is 2.06 bits per heavy atom. The molecule has 0 heterocycles. The van der Waals surface area contributed by atoms with Crippen LogP contribution >= 0.6 is 11.6 Å². The maximum atomic E-state index is 15.2. The van der Waals surface area contributed by atoms with E-state index in [9.17, 15) is 9.90 Å². The van der Waals surface area contributed by atoms with Crippen LogP contribution in [0.25, 0.3) is 0 Å². The van der Waals surface area contributed by atoms with Crippen molar-refractivity contribution >= 4 is 17.6 Å². The lowest BCUT2D eigenvalue weighted by Gasteiger charge is -2.47. The van der Waals surface area contributed by atoms with Crippen molar-refractivity contribution in [1.29, 1.82) is 0 Å². The molecule has 1 aromatic carbocycles. The highest BCUT2D eigenvalue weighted by Crippen LogP contribution is 2.44. The predicted molar refractivity (Wildman–Crippen MR) is 132 cm³/mol. The molecule has 0 spiro atoms. The maximum absolute atomic E-state index is 15.2. The van der Waals surface area contributed by atoms with Gasteiger partial charge >= 0.3 is 5.97 Å². The summed E-state index contributed by atoms with van der Waals surface area (Å²) >= 11 is 6.09. The van der Waals surface area contributed by atoms with Gasteiger partial charge in [-0.25, -0.2) is 4.39 Å².